The normalized spacial score (nSPS) is 11.8. The molecule has 7 nitrogen and oxygen atoms in total. The fourth-order valence-electron chi connectivity index (χ4n) is 3.19. The molecule has 0 atom stereocenters. The van der Waals surface area contributed by atoms with Crippen molar-refractivity contribution in [3.05, 3.63) is 83.0 Å². The SMILES string of the molecule is CCCCN(c1ccc(Cl)cc1C(=O)c1ccc(S(C)(=O)=O)nc1)S(=O)(=O)c1ccccc1. The van der Waals surface area contributed by atoms with Gasteiger partial charge in [0.15, 0.2) is 20.6 Å². The van der Waals surface area contributed by atoms with Gasteiger partial charge < -0.3 is 0 Å². The lowest BCUT2D eigenvalue weighted by Crippen LogP contribution is -2.33. The Labute approximate surface area is 199 Å². The maximum atomic E-state index is 13.5. The number of sulfone groups is 1. The van der Waals surface area contributed by atoms with Crippen molar-refractivity contribution in [3.8, 4) is 0 Å². The summed E-state index contributed by atoms with van der Waals surface area (Å²) >= 11 is 6.16. The first-order valence-corrected chi connectivity index (χ1v) is 13.8. The van der Waals surface area contributed by atoms with Gasteiger partial charge in [-0.1, -0.05) is 43.1 Å². The minimum atomic E-state index is -3.96. The van der Waals surface area contributed by atoms with Crippen LogP contribution in [0.15, 0.2) is 76.8 Å². The van der Waals surface area contributed by atoms with Crippen LogP contribution in [0.5, 0.6) is 0 Å². The minimum absolute atomic E-state index is 0.0759. The van der Waals surface area contributed by atoms with Crippen LogP contribution in [0.4, 0.5) is 5.69 Å². The summed E-state index contributed by atoms with van der Waals surface area (Å²) in [7, 11) is -7.49. The maximum Gasteiger partial charge on any atom is 0.264 e. The number of pyridine rings is 1. The summed E-state index contributed by atoms with van der Waals surface area (Å²) in [5, 5.41) is 0.0944. The number of benzene rings is 2. The number of sulfonamides is 1. The van der Waals surface area contributed by atoms with E-state index in [1.165, 1.54) is 46.8 Å². The molecule has 0 fully saturated rings. The van der Waals surface area contributed by atoms with Crippen molar-refractivity contribution >= 4 is 42.9 Å². The highest BCUT2D eigenvalue weighted by Crippen LogP contribution is 2.31. The zero-order valence-electron chi connectivity index (χ0n) is 18.1. The number of halogens is 1. The van der Waals surface area contributed by atoms with Crippen molar-refractivity contribution in [2.24, 2.45) is 0 Å². The van der Waals surface area contributed by atoms with E-state index in [4.69, 9.17) is 11.6 Å². The Bertz CT molecular complexity index is 1360. The number of aromatic nitrogens is 1. The third-order valence-electron chi connectivity index (χ3n) is 4.90. The lowest BCUT2D eigenvalue weighted by molar-refractivity contribution is 0.103. The van der Waals surface area contributed by atoms with Crippen LogP contribution in [0.3, 0.4) is 0 Å². The summed E-state index contributed by atoms with van der Waals surface area (Å²) in [6.45, 7) is 2.11. The summed E-state index contributed by atoms with van der Waals surface area (Å²) in [6, 6.07) is 15.0. The second-order valence-electron chi connectivity index (χ2n) is 7.39. The average Bonchev–Trinajstić information content (AvgIpc) is 2.79. The van der Waals surface area contributed by atoms with E-state index >= 15 is 0 Å². The van der Waals surface area contributed by atoms with E-state index in [0.29, 0.717) is 6.42 Å². The summed E-state index contributed by atoms with van der Waals surface area (Å²) in [5.74, 6) is -0.523. The molecule has 0 N–H and O–H groups in total. The molecule has 1 aromatic heterocycles. The number of ketones is 1. The number of hydrogen-bond acceptors (Lipinski definition) is 6. The fraction of sp³-hybridized carbons (Fsp3) is 0.217. The van der Waals surface area contributed by atoms with E-state index in [2.05, 4.69) is 4.98 Å². The van der Waals surface area contributed by atoms with Gasteiger partial charge in [0.05, 0.1) is 10.6 Å². The molecule has 1 heterocycles. The van der Waals surface area contributed by atoms with Gasteiger partial charge in [0.2, 0.25) is 0 Å². The van der Waals surface area contributed by atoms with E-state index in [1.807, 2.05) is 6.92 Å². The van der Waals surface area contributed by atoms with E-state index in [-0.39, 0.29) is 38.3 Å². The van der Waals surface area contributed by atoms with Crippen molar-refractivity contribution in [3.63, 3.8) is 0 Å². The predicted octanol–water partition coefficient (Wildman–Crippen LogP) is 4.36. The Morgan fingerprint density at radius 2 is 1.70 bits per heavy atom. The molecule has 0 aliphatic rings. The molecule has 0 saturated heterocycles. The van der Waals surface area contributed by atoms with Crippen molar-refractivity contribution in [2.45, 2.75) is 29.7 Å². The third kappa shape index (κ3) is 5.61. The van der Waals surface area contributed by atoms with Crippen molar-refractivity contribution in [2.75, 3.05) is 17.1 Å². The lowest BCUT2D eigenvalue weighted by Gasteiger charge is -2.26. The van der Waals surface area contributed by atoms with Crippen LogP contribution in [0.2, 0.25) is 5.02 Å². The molecule has 0 aliphatic heterocycles. The zero-order valence-corrected chi connectivity index (χ0v) is 20.5. The highest BCUT2D eigenvalue weighted by atomic mass is 35.5. The molecule has 2 aromatic carbocycles. The molecule has 0 radical (unpaired) electrons. The summed E-state index contributed by atoms with van der Waals surface area (Å²) < 4.78 is 51.6. The fourth-order valence-corrected chi connectivity index (χ4v) is 5.46. The zero-order chi connectivity index (χ0) is 24.2. The Morgan fingerprint density at radius 1 is 1.00 bits per heavy atom. The molecule has 3 aromatic rings. The average molecular weight is 507 g/mol. The topological polar surface area (TPSA) is 101 Å². The first-order valence-electron chi connectivity index (χ1n) is 10.1. The van der Waals surface area contributed by atoms with E-state index in [1.54, 1.807) is 18.2 Å². The van der Waals surface area contributed by atoms with E-state index in [0.717, 1.165) is 18.9 Å². The summed E-state index contributed by atoms with van der Waals surface area (Å²) in [6.07, 6.45) is 3.50. The van der Waals surface area contributed by atoms with Gasteiger partial charge in [0.25, 0.3) is 10.0 Å². The molecule has 0 aliphatic carbocycles. The number of carbonyl (C=O) groups is 1. The molecule has 0 amide bonds. The summed E-state index contributed by atoms with van der Waals surface area (Å²) in [5.41, 5.74) is 0.374. The Hall–Kier alpha value is -2.75. The quantitative estimate of drug-likeness (QED) is 0.399. The van der Waals surface area contributed by atoms with Crippen LogP contribution >= 0.6 is 11.6 Å². The highest BCUT2D eigenvalue weighted by molar-refractivity contribution is 7.92. The molecular weight excluding hydrogens is 484 g/mol. The Kier molecular flexibility index (Phi) is 7.56. The van der Waals surface area contributed by atoms with Crippen LogP contribution in [0.1, 0.15) is 35.7 Å². The molecule has 0 spiro atoms. The van der Waals surface area contributed by atoms with Crippen LogP contribution in [0, 0.1) is 0 Å². The number of carbonyl (C=O) groups excluding carboxylic acids is 1. The van der Waals surface area contributed by atoms with Gasteiger partial charge in [-0.2, -0.15) is 0 Å². The van der Waals surface area contributed by atoms with Crippen LogP contribution < -0.4 is 4.31 Å². The monoisotopic (exact) mass is 506 g/mol. The Morgan fingerprint density at radius 3 is 2.27 bits per heavy atom. The van der Waals surface area contributed by atoms with Gasteiger partial charge in [-0.3, -0.25) is 9.10 Å². The van der Waals surface area contributed by atoms with E-state index < -0.39 is 25.6 Å². The second kappa shape index (κ2) is 10.0. The number of anilines is 1. The first-order chi connectivity index (χ1) is 15.6. The molecule has 10 heteroatoms. The van der Waals surface area contributed by atoms with Crippen LogP contribution in [0.25, 0.3) is 0 Å². The van der Waals surface area contributed by atoms with Gasteiger partial charge in [-0.15, -0.1) is 0 Å². The van der Waals surface area contributed by atoms with Gasteiger partial charge in [-0.25, -0.2) is 21.8 Å². The van der Waals surface area contributed by atoms with Crippen molar-refractivity contribution in [1.29, 1.82) is 0 Å². The molecule has 0 unspecified atom stereocenters. The first kappa shape index (κ1) is 24.9. The molecular formula is C23H23ClN2O5S2. The second-order valence-corrected chi connectivity index (χ2v) is 11.7. The maximum absolute atomic E-state index is 13.5. The van der Waals surface area contributed by atoms with E-state index in [9.17, 15) is 21.6 Å². The standard InChI is InChI=1S/C23H23ClN2O5S2/c1-3-4-14-26(33(30,31)19-8-6-5-7-9-19)21-12-11-18(24)15-20(21)23(27)17-10-13-22(25-16-17)32(2,28)29/h5-13,15-16H,3-4,14H2,1-2H3. The van der Waals surface area contributed by atoms with Crippen molar-refractivity contribution < 1.29 is 21.6 Å². The van der Waals surface area contributed by atoms with Crippen molar-refractivity contribution in [1.82, 2.24) is 4.98 Å². The van der Waals surface area contributed by atoms with Gasteiger partial charge in [0, 0.05) is 35.1 Å². The minimum Gasteiger partial charge on any atom is -0.288 e. The Balaban J connectivity index is 2.13. The number of nitrogens with zero attached hydrogens (tertiary/aromatic N) is 2. The lowest BCUT2D eigenvalue weighted by atomic mass is 10.0. The summed E-state index contributed by atoms with van der Waals surface area (Å²) in [4.78, 5) is 17.3. The predicted molar refractivity (Wildman–Crippen MR) is 128 cm³/mol. The van der Waals surface area contributed by atoms with Gasteiger partial charge in [-0.05, 0) is 48.9 Å². The molecule has 3 rings (SSSR count). The molecule has 174 valence electrons. The molecule has 33 heavy (non-hydrogen) atoms. The largest absolute Gasteiger partial charge is 0.288 e. The molecule has 0 bridgehead atoms. The van der Waals surface area contributed by atoms with Crippen LogP contribution in [-0.4, -0.2) is 40.4 Å². The number of hydrogen-bond donors (Lipinski definition) is 0. The highest BCUT2D eigenvalue weighted by Gasteiger charge is 2.28. The number of rotatable bonds is 9. The smallest absolute Gasteiger partial charge is 0.264 e. The third-order valence-corrected chi connectivity index (χ3v) is 7.96. The molecule has 0 saturated carbocycles. The van der Waals surface area contributed by atoms with Gasteiger partial charge >= 0.3 is 0 Å². The van der Waals surface area contributed by atoms with Gasteiger partial charge in [0.1, 0.15) is 0 Å². The van der Waals surface area contributed by atoms with Crippen LogP contribution in [-0.2, 0) is 19.9 Å². The number of unbranched alkanes of at least 4 members (excludes halogenated alkanes) is 1.